The highest BCUT2D eigenvalue weighted by Gasteiger charge is 2.34. The van der Waals surface area contributed by atoms with Gasteiger partial charge >= 0.3 is 6.36 Å². The van der Waals surface area contributed by atoms with Crippen LogP contribution in [0.25, 0.3) is 0 Å². The number of hydrogen-bond donors (Lipinski definition) is 1. The summed E-state index contributed by atoms with van der Waals surface area (Å²) in [6, 6.07) is 26.7. The van der Waals surface area contributed by atoms with Crippen LogP contribution in [0.1, 0.15) is 29.0 Å². The Morgan fingerprint density at radius 1 is 0.875 bits per heavy atom. The number of alkyl halides is 3. The summed E-state index contributed by atoms with van der Waals surface area (Å²) >= 11 is 0. The second-order valence-electron chi connectivity index (χ2n) is 8.00. The molecule has 1 heterocycles. The zero-order valence-electron chi connectivity index (χ0n) is 17.6. The molecule has 1 aliphatic heterocycles. The largest absolute Gasteiger partial charge is 0.573 e. The number of ether oxygens (including phenoxy) is 2. The maximum Gasteiger partial charge on any atom is 0.573 e. The fourth-order valence-corrected chi connectivity index (χ4v) is 4.44. The van der Waals surface area contributed by atoms with Crippen LogP contribution >= 0.6 is 0 Å². The fourth-order valence-electron chi connectivity index (χ4n) is 4.44. The highest BCUT2D eigenvalue weighted by atomic mass is 19.4. The normalized spacial score (nSPS) is 19.1. The maximum atomic E-state index is 12.6. The highest BCUT2D eigenvalue weighted by Crippen LogP contribution is 2.37. The Kier molecular flexibility index (Phi) is 7.12. The van der Waals surface area contributed by atoms with Gasteiger partial charge in [-0.25, -0.2) is 0 Å². The van der Waals surface area contributed by atoms with E-state index in [4.69, 9.17) is 4.74 Å². The van der Waals surface area contributed by atoms with Crippen LogP contribution in [0.4, 0.5) is 13.2 Å². The zero-order valence-corrected chi connectivity index (χ0v) is 17.6. The van der Waals surface area contributed by atoms with Gasteiger partial charge in [0.1, 0.15) is 5.75 Å². The summed E-state index contributed by atoms with van der Waals surface area (Å²) in [7, 11) is 0. The summed E-state index contributed by atoms with van der Waals surface area (Å²) in [5, 5.41) is 3.49. The molecule has 3 aromatic carbocycles. The molecule has 0 unspecified atom stereocenters. The minimum absolute atomic E-state index is 0.0335. The van der Waals surface area contributed by atoms with Crippen LogP contribution in [0.2, 0.25) is 0 Å². The smallest absolute Gasteiger partial charge is 0.406 e. The van der Waals surface area contributed by atoms with Crippen molar-refractivity contribution in [3.05, 3.63) is 102 Å². The number of benzene rings is 3. The molecule has 1 aliphatic rings. The van der Waals surface area contributed by atoms with Gasteiger partial charge in [-0.05, 0) is 41.8 Å². The van der Waals surface area contributed by atoms with E-state index in [2.05, 4.69) is 34.3 Å². The summed E-state index contributed by atoms with van der Waals surface area (Å²) in [4.78, 5) is 0. The average molecular weight is 441 g/mol. The van der Waals surface area contributed by atoms with Gasteiger partial charge in [0, 0.05) is 18.4 Å². The number of piperidine rings is 1. The van der Waals surface area contributed by atoms with E-state index in [9.17, 15) is 13.2 Å². The van der Waals surface area contributed by atoms with E-state index in [1.807, 2.05) is 36.4 Å². The predicted octanol–water partition coefficient (Wildman–Crippen LogP) is 5.91. The molecule has 6 heteroatoms. The summed E-state index contributed by atoms with van der Waals surface area (Å²) < 4.78 is 48.0. The van der Waals surface area contributed by atoms with Crippen molar-refractivity contribution in [3.8, 4) is 5.75 Å². The molecule has 0 aromatic heterocycles. The van der Waals surface area contributed by atoms with E-state index in [1.165, 1.54) is 23.3 Å². The molecule has 0 aliphatic carbocycles. The van der Waals surface area contributed by atoms with Gasteiger partial charge in [-0.3, -0.25) is 0 Å². The van der Waals surface area contributed by atoms with Crippen molar-refractivity contribution in [1.29, 1.82) is 0 Å². The molecule has 0 saturated carbocycles. The van der Waals surface area contributed by atoms with Crippen LogP contribution in [0, 0.1) is 5.92 Å². The average Bonchev–Trinajstić information content (AvgIpc) is 2.79. The molecule has 4 rings (SSSR count). The fraction of sp³-hybridized carbons (Fsp3) is 0.308. The predicted molar refractivity (Wildman–Crippen MR) is 117 cm³/mol. The van der Waals surface area contributed by atoms with Crippen LogP contribution in [-0.2, 0) is 11.3 Å². The van der Waals surface area contributed by atoms with E-state index in [-0.39, 0.29) is 30.3 Å². The minimum Gasteiger partial charge on any atom is -0.406 e. The van der Waals surface area contributed by atoms with Crippen molar-refractivity contribution >= 4 is 0 Å². The minimum atomic E-state index is -4.71. The van der Waals surface area contributed by atoms with Crippen molar-refractivity contribution < 1.29 is 22.6 Å². The van der Waals surface area contributed by atoms with Crippen LogP contribution in [0.3, 0.4) is 0 Å². The van der Waals surface area contributed by atoms with Crippen molar-refractivity contribution in [2.75, 3.05) is 13.1 Å². The highest BCUT2D eigenvalue weighted by molar-refractivity contribution is 5.34. The first-order valence-corrected chi connectivity index (χ1v) is 10.8. The summed E-state index contributed by atoms with van der Waals surface area (Å²) in [6.45, 7) is 1.87. The molecule has 3 nitrogen and oxygen atoms in total. The number of rotatable bonds is 7. The third kappa shape index (κ3) is 5.90. The molecule has 2 atom stereocenters. The van der Waals surface area contributed by atoms with Crippen molar-refractivity contribution in [3.63, 3.8) is 0 Å². The van der Waals surface area contributed by atoms with Crippen molar-refractivity contribution in [2.24, 2.45) is 5.92 Å². The van der Waals surface area contributed by atoms with Crippen LogP contribution in [0.15, 0.2) is 84.9 Å². The van der Waals surface area contributed by atoms with Crippen molar-refractivity contribution in [2.45, 2.75) is 31.4 Å². The molecular formula is C26H26F3NO2. The van der Waals surface area contributed by atoms with Gasteiger partial charge in [0.25, 0.3) is 0 Å². The summed E-state index contributed by atoms with van der Waals surface area (Å²) in [6.07, 6.45) is -3.91. The van der Waals surface area contributed by atoms with Crippen LogP contribution in [-0.4, -0.2) is 25.6 Å². The number of nitrogens with one attached hydrogen (secondary N) is 1. The zero-order chi connectivity index (χ0) is 22.4. The molecule has 3 aromatic rings. The Labute approximate surface area is 186 Å². The van der Waals surface area contributed by atoms with Crippen LogP contribution in [0.5, 0.6) is 5.75 Å². The van der Waals surface area contributed by atoms with E-state index in [0.29, 0.717) is 5.56 Å². The van der Waals surface area contributed by atoms with E-state index in [0.717, 1.165) is 19.5 Å². The number of hydrogen-bond acceptors (Lipinski definition) is 3. The molecule has 168 valence electrons. The lowest BCUT2D eigenvalue weighted by atomic mass is 9.76. The van der Waals surface area contributed by atoms with Gasteiger partial charge in [-0.2, -0.15) is 0 Å². The Hall–Kier alpha value is -2.83. The molecule has 0 amide bonds. The lowest BCUT2D eigenvalue weighted by Crippen LogP contribution is -2.44. The first kappa shape index (κ1) is 22.4. The third-order valence-electron chi connectivity index (χ3n) is 5.80. The number of halogens is 3. The molecule has 0 radical (unpaired) electrons. The van der Waals surface area contributed by atoms with Gasteiger partial charge in [-0.1, -0.05) is 72.8 Å². The summed E-state index contributed by atoms with van der Waals surface area (Å²) in [5.41, 5.74) is 3.10. The summed E-state index contributed by atoms with van der Waals surface area (Å²) in [5.74, 6) is 0.102. The molecule has 1 N–H and O–H groups in total. The molecule has 0 spiro atoms. The molecule has 1 fully saturated rings. The molecular weight excluding hydrogens is 415 g/mol. The second kappa shape index (κ2) is 10.2. The lowest BCUT2D eigenvalue weighted by Gasteiger charge is -2.38. The molecule has 1 saturated heterocycles. The topological polar surface area (TPSA) is 30.5 Å². The quantitative estimate of drug-likeness (QED) is 0.494. The Balaban J connectivity index is 1.54. The third-order valence-corrected chi connectivity index (χ3v) is 5.80. The molecule has 0 bridgehead atoms. The monoisotopic (exact) mass is 441 g/mol. The maximum absolute atomic E-state index is 12.6. The van der Waals surface area contributed by atoms with Gasteiger partial charge in [-0.15, -0.1) is 13.2 Å². The van der Waals surface area contributed by atoms with Crippen LogP contribution < -0.4 is 10.1 Å². The standard InChI is InChI=1S/C26H26F3NO2/c27-26(28,29)32-22-13-7-8-19(16-22)18-31-24-14-15-30-17-23(24)25(20-9-3-1-4-10-20)21-11-5-2-6-12-21/h1-13,16,23-25,30H,14-15,17-18H2/t23-,24+/m0/s1. The van der Waals surface area contributed by atoms with Gasteiger partial charge in [0.05, 0.1) is 12.7 Å². The van der Waals surface area contributed by atoms with E-state index >= 15 is 0 Å². The lowest BCUT2D eigenvalue weighted by molar-refractivity contribution is -0.274. The second-order valence-corrected chi connectivity index (χ2v) is 8.00. The van der Waals surface area contributed by atoms with Crippen molar-refractivity contribution in [1.82, 2.24) is 5.32 Å². The van der Waals surface area contributed by atoms with Gasteiger partial charge in [0.15, 0.2) is 0 Å². The van der Waals surface area contributed by atoms with E-state index < -0.39 is 6.36 Å². The van der Waals surface area contributed by atoms with Gasteiger partial charge < -0.3 is 14.8 Å². The first-order valence-electron chi connectivity index (χ1n) is 10.8. The van der Waals surface area contributed by atoms with E-state index in [1.54, 1.807) is 12.1 Å². The Bertz CT molecular complexity index is 940. The molecule has 32 heavy (non-hydrogen) atoms. The SMILES string of the molecule is FC(F)(F)Oc1cccc(CO[C@@H]2CCNC[C@@H]2C(c2ccccc2)c2ccccc2)c1. The first-order chi connectivity index (χ1) is 15.5. The Morgan fingerprint density at radius 3 is 2.16 bits per heavy atom. The van der Waals surface area contributed by atoms with Gasteiger partial charge in [0.2, 0.25) is 0 Å². The Morgan fingerprint density at radius 2 is 1.53 bits per heavy atom.